The number of nitrogens with zero attached hydrogens (tertiary/aromatic N) is 19. The molecule has 0 atom stereocenters. The van der Waals surface area contributed by atoms with E-state index >= 15 is 0 Å². The van der Waals surface area contributed by atoms with Crippen LogP contribution < -0.4 is 63.9 Å². The third kappa shape index (κ3) is 24.9. The number of hydrogen-bond acceptors (Lipinski definition) is 27. The minimum Gasteiger partial charge on any atom is -0.870 e. The van der Waals surface area contributed by atoms with Gasteiger partial charge in [-0.3, -0.25) is 4.39 Å². The number of pyridine rings is 4. The van der Waals surface area contributed by atoms with Gasteiger partial charge in [-0.25, -0.2) is 79.0 Å². The molecule has 0 bridgehead atoms. The SMILES string of the molecule is CO.COC(=O)c1ccc2nc(-c3ccccc3)c(Br)nc2c1.COC(=O)c1ccc2nc(-c3ccccc3)c(N3CCN(c4ccc5ccccc5n4)CC3)nc2c1.O=C(O)c1ccc2nc(-c3ccccc3)c(N3CCN(c4ccc5ccccc5n4)CC3)nc2c1.O=C(O)c1ccc2nc(-c3ccccc3)c(N3CCN(c4ccc5ccccc5n4)CC3)nc2c1.[2H]CF.[Na+].[OH-].c1ccc2nc(N3CCCCC3)ccc2c1. The number of ether oxygens (including phenoxy) is 2. The molecule has 20 aromatic rings. The summed E-state index contributed by atoms with van der Waals surface area (Å²) in [5.41, 5.74) is 17.9. The van der Waals surface area contributed by atoms with Crippen LogP contribution >= 0.6 is 15.9 Å². The Hall–Kier alpha value is -16.6. The molecular weight excluding hydrogens is 1950 g/mol. The van der Waals surface area contributed by atoms with Gasteiger partial charge < -0.3 is 64.6 Å². The van der Waals surface area contributed by atoms with Crippen LogP contribution in [0, 0.1) is 0 Å². The van der Waals surface area contributed by atoms with Crippen LogP contribution in [0.15, 0.2) is 344 Å². The van der Waals surface area contributed by atoms with E-state index in [1.165, 1.54) is 38.9 Å². The largest absolute Gasteiger partial charge is 1.00 e. The molecule has 0 amide bonds. The Balaban J connectivity index is 0.000000135. The Morgan fingerprint density at radius 1 is 0.275 bits per heavy atom. The number of aromatic nitrogens is 12. The van der Waals surface area contributed by atoms with Crippen LogP contribution in [0.5, 0.6) is 0 Å². The Bertz CT molecular complexity index is 7900. The van der Waals surface area contributed by atoms with E-state index in [1.54, 1.807) is 66.7 Å². The number of para-hydroxylation sites is 4. The molecule has 149 heavy (non-hydrogen) atoms. The molecule has 0 spiro atoms. The minimum absolute atomic E-state index is 0. The number of alkyl halides is 1. The number of anilines is 7. The average molecular weight is 2060 g/mol. The molecular formula is C117H106BrFN19NaO10. The topological polar surface area (TPSA) is 355 Å². The van der Waals surface area contributed by atoms with Crippen LogP contribution in [0.3, 0.4) is 0 Å². The van der Waals surface area contributed by atoms with E-state index in [1.807, 2.05) is 164 Å². The van der Waals surface area contributed by atoms with Crippen molar-refractivity contribution in [2.75, 3.05) is 154 Å². The predicted octanol–water partition coefficient (Wildman–Crippen LogP) is 18.8. The number of rotatable bonds is 15. The number of methoxy groups -OCH3 is 2. The molecule has 4 saturated heterocycles. The maximum atomic E-state index is 12.1. The van der Waals surface area contributed by atoms with Crippen LogP contribution in [-0.4, -0.2) is 225 Å². The second-order valence-corrected chi connectivity index (χ2v) is 35.6. The van der Waals surface area contributed by atoms with E-state index in [9.17, 15) is 33.8 Å². The van der Waals surface area contributed by atoms with E-state index in [0.717, 1.165) is 234 Å². The molecule has 32 heteroatoms. The summed E-state index contributed by atoms with van der Waals surface area (Å²) >= 11 is 3.44. The zero-order valence-corrected chi connectivity index (χ0v) is 86.1. The molecule has 0 aliphatic carbocycles. The average Bonchev–Trinajstić information content (AvgIpc) is 0.777. The number of hydrogen-bond donors (Lipinski definition) is 3. The fraction of sp³-hybridized carbons (Fsp3) is 0.179. The molecule has 12 heterocycles. The van der Waals surface area contributed by atoms with E-state index in [2.05, 4.69) is 169 Å². The molecule has 0 unspecified atom stereocenters. The molecule has 4 fully saturated rings. The Kier molecular flexibility index (Phi) is 34.9. The summed E-state index contributed by atoms with van der Waals surface area (Å²) in [5, 5.41) is 30.5. The molecule has 4 aliphatic rings. The van der Waals surface area contributed by atoms with Gasteiger partial charge in [-0.1, -0.05) is 194 Å². The number of piperidine rings is 1. The van der Waals surface area contributed by atoms with Crippen molar-refractivity contribution in [3.05, 3.63) is 367 Å². The van der Waals surface area contributed by atoms with Crippen LogP contribution in [0.25, 0.3) is 133 Å². The standard InChI is InChI=1S/C29H25N5O2.2C28H23N5O2.C16H11BrN2O2.C14H16N2.CH3F.CH4O.Na.H2O/c1-36-29(35)22-11-13-24-25(19-22)32-28(27(31-24)21-8-3-2-4-9-21)34-17-15-33(16-18-34)26-14-12-20-7-5-6-10-23(20)30-26;2*34-28(35)21-10-12-23-24(18-21)31-27(26(30-23)20-7-2-1-3-8-20)33-16-14-32(15-17-33)25-13-11-19-6-4-5-9-22(19)29-25;1-21-16(20)11-7-8-12-13(9-11)19-15(17)14(18-12)10-5-3-2-4-6-10;1-4-10-16(11-5-1)14-9-8-12-6-2-3-7-13(12)15-14;2*1-2;;/h2-14,19H,15-18H2,1H3;2*1-13,18H,14-17H2,(H,34,35);2-9H,1H3;2-3,6-9H,1,4-5,10-11H2;1H3;2H,1H3;;1H2/q;;;;;;;+1;/p-1/i;;;;;1D;;;. The van der Waals surface area contributed by atoms with Crippen molar-refractivity contribution in [1.29, 1.82) is 0 Å². The number of benzene rings is 12. The number of carbonyl (C=O) groups excluding carboxylic acids is 2. The normalized spacial score (nSPS) is 13.3. The first-order chi connectivity index (χ1) is 72.5. The number of esters is 2. The first kappa shape index (κ1) is 104. The Morgan fingerprint density at radius 2 is 0.510 bits per heavy atom. The molecule has 4 aliphatic heterocycles. The van der Waals surface area contributed by atoms with Gasteiger partial charge >= 0.3 is 53.4 Å². The van der Waals surface area contributed by atoms with Crippen LogP contribution in [0.4, 0.5) is 45.1 Å². The number of carboxylic acid groups (broad SMARTS) is 2. The molecule has 29 nitrogen and oxygen atoms in total. The van der Waals surface area contributed by atoms with Crippen molar-refractivity contribution in [3.8, 4) is 45.0 Å². The van der Waals surface area contributed by atoms with Crippen molar-refractivity contribution < 1.29 is 84.8 Å². The Morgan fingerprint density at radius 3 is 0.792 bits per heavy atom. The summed E-state index contributed by atoms with van der Waals surface area (Å²) in [7, 11) is 2.73. The van der Waals surface area contributed by atoms with Gasteiger partial charge in [0.2, 0.25) is 0 Å². The summed E-state index contributed by atoms with van der Waals surface area (Å²) in [4.78, 5) is 121. The van der Waals surface area contributed by atoms with Crippen molar-refractivity contribution in [3.63, 3.8) is 0 Å². The van der Waals surface area contributed by atoms with Gasteiger partial charge in [-0.15, -0.1) is 0 Å². The van der Waals surface area contributed by atoms with Gasteiger partial charge in [0.25, 0.3) is 0 Å². The third-order valence-electron chi connectivity index (χ3n) is 25.8. The first-order valence-electron chi connectivity index (χ1n) is 49.0. The maximum Gasteiger partial charge on any atom is 1.00 e. The number of aromatic carboxylic acids is 2. The molecule has 12 aromatic carbocycles. The number of piperazine rings is 3. The number of fused-ring (bicyclic) bond motifs is 8. The molecule has 8 aromatic heterocycles. The van der Waals surface area contributed by atoms with E-state index < -0.39 is 19.1 Å². The van der Waals surface area contributed by atoms with Gasteiger partial charge in [-0.2, -0.15) is 0 Å². The van der Waals surface area contributed by atoms with Crippen LogP contribution in [0.2, 0.25) is 0 Å². The number of halogens is 2. The predicted molar refractivity (Wildman–Crippen MR) is 588 cm³/mol. The van der Waals surface area contributed by atoms with E-state index in [4.69, 9.17) is 65.8 Å². The van der Waals surface area contributed by atoms with Crippen molar-refractivity contribution in [1.82, 2.24) is 59.8 Å². The molecule has 744 valence electrons. The quantitative estimate of drug-likeness (QED) is 0.0634. The van der Waals surface area contributed by atoms with E-state index in [0.29, 0.717) is 48.8 Å². The fourth-order valence-corrected chi connectivity index (χ4v) is 18.7. The van der Waals surface area contributed by atoms with Crippen LogP contribution in [-0.2, 0) is 9.47 Å². The van der Waals surface area contributed by atoms with Crippen LogP contribution in [0.1, 0.15) is 62.1 Å². The summed E-state index contributed by atoms with van der Waals surface area (Å²) in [6, 6.07) is 110. The molecule has 0 saturated carbocycles. The van der Waals surface area contributed by atoms with Gasteiger partial charge in [0.05, 0.1) is 111 Å². The molecule has 24 rings (SSSR count). The van der Waals surface area contributed by atoms with Gasteiger partial charge in [0, 0.05) is 143 Å². The first-order valence-corrected chi connectivity index (χ1v) is 49.1. The van der Waals surface area contributed by atoms with Crippen molar-refractivity contribution in [2.45, 2.75) is 19.3 Å². The zero-order chi connectivity index (χ0) is 102. The fourth-order valence-electron chi connectivity index (χ4n) is 18.2. The summed E-state index contributed by atoms with van der Waals surface area (Å²) in [6.45, 7) is 11.8. The summed E-state index contributed by atoms with van der Waals surface area (Å²) in [5.74, 6) is 3.73. The number of aliphatic hydroxyl groups excluding tert-OH is 1. The molecule has 0 radical (unpaired) electrons. The number of carboxylic acids is 2. The van der Waals surface area contributed by atoms with Gasteiger partial charge in [-0.05, 0) is 181 Å². The number of aliphatic hydroxyl groups is 1. The zero-order valence-electron chi connectivity index (χ0n) is 83.6. The van der Waals surface area contributed by atoms with Gasteiger partial charge in [0.15, 0.2) is 17.5 Å². The maximum absolute atomic E-state index is 12.1. The molecule has 4 N–H and O–H groups in total. The van der Waals surface area contributed by atoms with Gasteiger partial charge in [0.1, 0.15) is 50.7 Å². The Labute approximate surface area is 891 Å². The van der Waals surface area contributed by atoms with E-state index in [-0.39, 0.29) is 58.1 Å². The smallest absolute Gasteiger partial charge is 0.870 e. The van der Waals surface area contributed by atoms with Crippen molar-refractivity contribution in [2.24, 2.45) is 0 Å². The monoisotopic (exact) mass is 2060 g/mol. The summed E-state index contributed by atoms with van der Waals surface area (Å²) < 4.78 is 25.7. The second kappa shape index (κ2) is 50.0. The minimum atomic E-state index is -1.00. The second-order valence-electron chi connectivity index (χ2n) is 34.8. The number of carbonyl (C=O) groups is 4. The van der Waals surface area contributed by atoms with Crippen molar-refractivity contribution >= 4 is 168 Å². The summed E-state index contributed by atoms with van der Waals surface area (Å²) in [6.07, 6.45) is 3.97. The third-order valence-corrected chi connectivity index (χ3v) is 26.4.